The van der Waals surface area contributed by atoms with Crippen molar-refractivity contribution in [3.05, 3.63) is 113 Å². The predicted molar refractivity (Wildman–Crippen MR) is 137 cm³/mol. The van der Waals surface area contributed by atoms with Gasteiger partial charge in [-0.05, 0) is 54.3 Å². The molecular formula is C29H27F4N3O2. The fraction of sp³-hybridized carbons (Fsp3) is 0.241. The number of amides is 3. The highest BCUT2D eigenvalue weighted by atomic mass is 19.4. The molecule has 0 aromatic heterocycles. The van der Waals surface area contributed by atoms with Crippen LogP contribution in [0, 0.1) is 19.7 Å². The first-order valence-electron chi connectivity index (χ1n) is 12.0. The fourth-order valence-electron chi connectivity index (χ4n) is 4.50. The number of aryl methyl sites for hydroxylation is 2. The van der Waals surface area contributed by atoms with Gasteiger partial charge in [-0.15, -0.1) is 0 Å². The number of carbonyl (C=O) groups excluding carboxylic acids is 2. The van der Waals surface area contributed by atoms with Crippen molar-refractivity contribution in [1.29, 1.82) is 0 Å². The lowest BCUT2D eigenvalue weighted by atomic mass is 9.96. The largest absolute Gasteiger partial charge is 0.416 e. The van der Waals surface area contributed by atoms with E-state index in [1.807, 2.05) is 32.0 Å². The summed E-state index contributed by atoms with van der Waals surface area (Å²) < 4.78 is 55.2. The van der Waals surface area contributed by atoms with Crippen molar-refractivity contribution < 1.29 is 27.2 Å². The minimum atomic E-state index is -4.63. The van der Waals surface area contributed by atoms with E-state index in [1.54, 1.807) is 6.08 Å². The molecule has 0 fully saturated rings. The molecule has 0 aliphatic carbocycles. The molecule has 1 heterocycles. The molecule has 38 heavy (non-hydrogen) atoms. The maximum Gasteiger partial charge on any atom is 0.416 e. The Kier molecular flexibility index (Phi) is 7.85. The third-order valence-electron chi connectivity index (χ3n) is 6.48. The molecule has 4 rings (SSSR count). The summed E-state index contributed by atoms with van der Waals surface area (Å²) in [5.74, 6) is -1.02. The molecule has 9 heteroatoms. The highest BCUT2D eigenvalue weighted by Crippen LogP contribution is 2.38. The number of alkyl halides is 3. The molecule has 0 saturated carbocycles. The first-order valence-corrected chi connectivity index (χ1v) is 12.0. The summed E-state index contributed by atoms with van der Waals surface area (Å²) in [7, 11) is 0. The average Bonchev–Trinajstić information content (AvgIpc) is 2.86. The number of halogens is 4. The Balaban J connectivity index is 1.70. The van der Waals surface area contributed by atoms with Gasteiger partial charge in [-0.1, -0.05) is 60.7 Å². The minimum Gasteiger partial charge on any atom is -0.326 e. The van der Waals surface area contributed by atoms with Gasteiger partial charge < -0.3 is 15.1 Å². The zero-order chi connectivity index (χ0) is 27.4. The number of urea groups is 1. The van der Waals surface area contributed by atoms with Gasteiger partial charge in [0.1, 0.15) is 12.4 Å². The van der Waals surface area contributed by atoms with Crippen LogP contribution < -0.4 is 5.32 Å². The van der Waals surface area contributed by atoms with Gasteiger partial charge in [-0.25, -0.2) is 9.18 Å². The van der Waals surface area contributed by atoms with E-state index in [9.17, 15) is 27.2 Å². The summed E-state index contributed by atoms with van der Waals surface area (Å²) in [5.41, 5.74) is 1.95. The van der Waals surface area contributed by atoms with E-state index < -0.39 is 35.5 Å². The number of carbonyl (C=O) groups is 2. The molecule has 3 aromatic carbocycles. The number of hydrogen-bond donors (Lipinski definition) is 1. The smallest absolute Gasteiger partial charge is 0.326 e. The van der Waals surface area contributed by atoms with Gasteiger partial charge in [-0.3, -0.25) is 4.79 Å². The van der Waals surface area contributed by atoms with Crippen LogP contribution in [0.25, 0.3) is 0 Å². The van der Waals surface area contributed by atoms with Crippen molar-refractivity contribution in [3.8, 4) is 0 Å². The molecular weight excluding hydrogens is 498 g/mol. The van der Waals surface area contributed by atoms with Crippen LogP contribution in [0.3, 0.4) is 0 Å². The second-order valence-corrected chi connectivity index (χ2v) is 9.18. The zero-order valence-electron chi connectivity index (χ0n) is 20.9. The zero-order valence-corrected chi connectivity index (χ0v) is 20.9. The Morgan fingerprint density at radius 3 is 2.29 bits per heavy atom. The number of hydrogen-bond acceptors (Lipinski definition) is 2. The van der Waals surface area contributed by atoms with Gasteiger partial charge in [0.15, 0.2) is 0 Å². The Hall–Kier alpha value is -4.14. The van der Waals surface area contributed by atoms with Crippen molar-refractivity contribution >= 4 is 17.6 Å². The molecule has 0 saturated heterocycles. The number of benzene rings is 3. The van der Waals surface area contributed by atoms with Gasteiger partial charge in [0.2, 0.25) is 5.91 Å². The third kappa shape index (κ3) is 6.04. The highest BCUT2D eigenvalue weighted by Gasteiger charge is 2.37. The van der Waals surface area contributed by atoms with E-state index in [4.69, 9.17) is 0 Å². The number of rotatable bonds is 4. The van der Waals surface area contributed by atoms with E-state index in [0.717, 1.165) is 17.2 Å². The summed E-state index contributed by atoms with van der Waals surface area (Å²) >= 11 is 0. The number of anilines is 1. The van der Waals surface area contributed by atoms with Gasteiger partial charge >= 0.3 is 12.2 Å². The molecule has 1 aliphatic rings. The molecule has 0 unspecified atom stereocenters. The number of nitrogens with one attached hydrogen (secondary N) is 1. The summed E-state index contributed by atoms with van der Waals surface area (Å²) in [4.78, 5) is 29.3. The van der Waals surface area contributed by atoms with E-state index in [2.05, 4.69) is 5.32 Å². The summed E-state index contributed by atoms with van der Waals surface area (Å²) in [6.45, 7) is 3.31. The molecule has 198 valence electrons. The molecule has 1 N–H and O–H groups in total. The fourth-order valence-corrected chi connectivity index (χ4v) is 4.50. The van der Waals surface area contributed by atoms with E-state index in [0.29, 0.717) is 11.3 Å². The molecule has 5 nitrogen and oxygen atoms in total. The average molecular weight is 526 g/mol. The topological polar surface area (TPSA) is 52.7 Å². The summed E-state index contributed by atoms with van der Waals surface area (Å²) in [5, 5.41) is 2.85. The quantitative estimate of drug-likeness (QED) is 0.307. The van der Waals surface area contributed by atoms with Gasteiger partial charge in [0.05, 0.1) is 11.6 Å². The van der Waals surface area contributed by atoms with Crippen LogP contribution in [0.1, 0.15) is 33.9 Å². The van der Waals surface area contributed by atoms with Gasteiger partial charge in [-0.2, -0.15) is 13.2 Å². The SMILES string of the molecule is Cc1cccc(C)c1NC(=O)N1C/C=C\[C@H](c2ccccc2C(F)(F)F)N(Cc2ccc(F)cc2)C(=O)C1. The molecule has 0 spiro atoms. The lowest BCUT2D eigenvalue weighted by Gasteiger charge is -2.35. The Morgan fingerprint density at radius 1 is 0.974 bits per heavy atom. The number of nitrogens with zero attached hydrogens (tertiary/aromatic N) is 2. The number of para-hydroxylation sites is 1. The lowest BCUT2D eigenvalue weighted by Crippen LogP contribution is -2.46. The standard InChI is InChI=1S/C29H27F4N3O2/c1-19-7-5-8-20(2)27(19)34-28(38)35-16-6-11-25(23-9-3-4-10-24(23)29(31,32)33)36(26(37)18-35)17-21-12-14-22(30)15-13-21/h3-15,25H,16-18H2,1-2H3,(H,34,38)/b11-6-/t25-/m1/s1. The molecule has 1 aliphatic heterocycles. The van der Waals surface area contributed by atoms with E-state index >= 15 is 0 Å². The Labute approximate surface area is 218 Å². The minimum absolute atomic E-state index is 0.0254. The first-order chi connectivity index (χ1) is 18.0. The Morgan fingerprint density at radius 2 is 1.63 bits per heavy atom. The van der Waals surface area contributed by atoms with Gasteiger partial charge in [0.25, 0.3) is 0 Å². The van der Waals surface area contributed by atoms with E-state index in [1.165, 1.54) is 58.3 Å². The van der Waals surface area contributed by atoms with Crippen LogP contribution in [-0.4, -0.2) is 34.8 Å². The second kappa shape index (κ2) is 11.1. The predicted octanol–water partition coefficient (Wildman–Crippen LogP) is 6.64. The van der Waals surface area contributed by atoms with Crippen LogP contribution in [0.4, 0.5) is 28.0 Å². The highest BCUT2D eigenvalue weighted by molar-refractivity contribution is 5.94. The lowest BCUT2D eigenvalue weighted by molar-refractivity contribution is -0.141. The van der Waals surface area contributed by atoms with Gasteiger partial charge in [0, 0.05) is 18.8 Å². The van der Waals surface area contributed by atoms with Crippen molar-refractivity contribution in [3.63, 3.8) is 0 Å². The molecule has 3 aromatic rings. The maximum atomic E-state index is 13.9. The molecule has 0 radical (unpaired) electrons. The monoisotopic (exact) mass is 525 g/mol. The van der Waals surface area contributed by atoms with Crippen molar-refractivity contribution in [2.75, 3.05) is 18.4 Å². The van der Waals surface area contributed by atoms with Crippen LogP contribution in [0.2, 0.25) is 0 Å². The molecule has 1 atom stereocenters. The van der Waals surface area contributed by atoms with Crippen molar-refractivity contribution in [2.45, 2.75) is 32.6 Å². The summed E-state index contributed by atoms with van der Waals surface area (Å²) in [6, 6.07) is 14.5. The Bertz CT molecular complexity index is 1330. The van der Waals surface area contributed by atoms with Crippen molar-refractivity contribution in [1.82, 2.24) is 9.80 Å². The van der Waals surface area contributed by atoms with Crippen molar-refractivity contribution in [2.24, 2.45) is 0 Å². The van der Waals surface area contributed by atoms with Crippen LogP contribution >= 0.6 is 0 Å². The van der Waals surface area contributed by atoms with Crippen LogP contribution in [0.5, 0.6) is 0 Å². The van der Waals surface area contributed by atoms with Crippen LogP contribution in [0.15, 0.2) is 78.9 Å². The molecule has 3 amide bonds. The summed E-state index contributed by atoms with van der Waals surface area (Å²) in [6.07, 6.45) is -1.54. The maximum absolute atomic E-state index is 13.9. The molecule has 0 bridgehead atoms. The van der Waals surface area contributed by atoms with E-state index in [-0.39, 0.29) is 25.2 Å². The normalized spacial score (nSPS) is 17.1. The third-order valence-corrected chi connectivity index (χ3v) is 6.48. The van der Waals surface area contributed by atoms with Crippen LogP contribution in [-0.2, 0) is 17.5 Å². The second-order valence-electron chi connectivity index (χ2n) is 9.18. The first kappa shape index (κ1) is 26.9.